The van der Waals surface area contributed by atoms with E-state index in [1.807, 2.05) is 30.3 Å². The molecule has 2 N–H and O–H groups in total. The van der Waals surface area contributed by atoms with Crippen molar-refractivity contribution < 1.29 is 9.84 Å². The van der Waals surface area contributed by atoms with E-state index < -0.39 is 0 Å². The topological polar surface area (TPSA) is 80.2 Å². The summed E-state index contributed by atoms with van der Waals surface area (Å²) in [5.74, 6) is 1.37. The summed E-state index contributed by atoms with van der Waals surface area (Å²) in [6, 6.07) is 9.69. The molecule has 2 aromatic heterocycles. The highest BCUT2D eigenvalue weighted by Crippen LogP contribution is 2.27. The van der Waals surface area contributed by atoms with Crippen LogP contribution in [-0.2, 0) is 4.74 Å². The van der Waals surface area contributed by atoms with Crippen LogP contribution >= 0.6 is 15.9 Å². The molecule has 7 heteroatoms. The first-order valence-corrected chi connectivity index (χ1v) is 8.37. The zero-order valence-electron chi connectivity index (χ0n) is 12.9. The van der Waals surface area contributed by atoms with Crippen molar-refractivity contribution in [3.63, 3.8) is 0 Å². The van der Waals surface area contributed by atoms with Crippen molar-refractivity contribution in [3.8, 4) is 11.4 Å². The van der Waals surface area contributed by atoms with Gasteiger partial charge in [0.1, 0.15) is 5.82 Å². The molecule has 0 amide bonds. The fraction of sp³-hybridized carbons (Fsp3) is 0.235. The Morgan fingerprint density at radius 3 is 2.88 bits per heavy atom. The molecule has 2 heterocycles. The van der Waals surface area contributed by atoms with Crippen molar-refractivity contribution in [2.45, 2.75) is 0 Å². The van der Waals surface area contributed by atoms with Gasteiger partial charge in [0.25, 0.3) is 0 Å². The molecule has 0 saturated heterocycles. The summed E-state index contributed by atoms with van der Waals surface area (Å²) in [5.41, 5.74) is 1.72. The minimum absolute atomic E-state index is 0.0224. The van der Waals surface area contributed by atoms with Crippen LogP contribution in [0.3, 0.4) is 0 Å². The van der Waals surface area contributed by atoms with E-state index in [4.69, 9.17) is 9.84 Å². The molecule has 1 aromatic carbocycles. The number of rotatable bonds is 7. The van der Waals surface area contributed by atoms with E-state index in [1.54, 1.807) is 12.4 Å². The summed E-state index contributed by atoms with van der Waals surface area (Å²) in [6.07, 6.45) is 3.47. The maximum atomic E-state index is 8.74. The number of aliphatic hydroxyl groups excluding tert-OH is 1. The normalized spacial score (nSPS) is 10.9. The van der Waals surface area contributed by atoms with Gasteiger partial charge in [-0.15, -0.1) is 0 Å². The van der Waals surface area contributed by atoms with Crippen LogP contribution in [0.15, 0.2) is 47.2 Å². The highest BCUT2D eigenvalue weighted by molar-refractivity contribution is 9.10. The lowest BCUT2D eigenvalue weighted by molar-refractivity contribution is 0.0992. The molecular weight excluding hydrogens is 372 g/mol. The summed E-state index contributed by atoms with van der Waals surface area (Å²) in [5, 5.41) is 13.0. The monoisotopic (exact) mass is 388 g/mol. The number of hydrogen-bond donors (Lipinski definition) is 2. The third-order valence-electron chi connectivity index (χ3n) is 3.35. The lowest BCUT2D eigenvalue weighted by atomic mass is 10.2. The number of aromatic nitrogens is 3. The highest BCUT2D eigenvalue weighted by atomic mass is 79.9. The van der Waals surface area contributed by atoms with Crippen molar-refractivity contribution in [3.05, 3.63) is 47.2 Å². The zero-order chi connectivity index (χ0) is 16.8. The maximum Gasteiger partial charge on any atom is 0.163 e. The van der Waals surface area contributed by atoms with E-state index in [9.17, 15) is 0 Å². The molecule has 0 aliphatic carbocycles. The quantitative estimate of drug-likeness (QED) is 0.605. The Hall–Kier alpha value is -2.09. The standard InChI is InChI=1S/C17H17BrN4O2/c18-13-3-4-15-14(10-13)17(20-6-8-24-9-7-23)22-16(21-15)12-2-1-5-19-11-12/h1-5,10-11,23H,6-9H2,(H,20,21,22). The van der Waals surface area contributed by atoms with Crippen LogP contribution in [0.1, 0.15) is 0 Å². The molecule has 0 aliphatic rings. The number of ether oxygens (including phenoxy) is 1. The minimum atomic E-state index is 0.0224. The number of nitrogens with one attached hydrogen (secondary N) is 1. The first-order chi connectivity index (χ1) is 11.8. The van der Waals surface area contributed by atoms with Crippen molar-refractivity contribution in [1.82, 2.24) is 15.0 Å². The number of anilines is 1. The predicted molar refractivity (Wildman–Crippen MR) is 96.9 cm³/mol. The Bertz CT molecular complexity index is 814. The Kier molecular flexibility index (Phi) is 5.68. The van der Waals surface area contributed by atoms with Crippen LogP contribution in [0.4, 0.5) is 5.82 Å². The van der Waals surface area contributed by atoms with Gasteiger partial charge in [-0.3, -0.25) is 4.98 Å². The average Bonchev–Trinajstić information content (AvgIpc) is 2.62. The lowest BCUT2D eigenvalue weighted by Gasteiger charge is -2.11. The predicted octanol–water partition coefficient (Wildman–Crippen LogP) is 2.88. The van der Waals surface area contributed by atoms with Crippen molar-refractivity contribution in [2.75, 3.05) is 31.7 Å². The van der Waals surface area contributed by atoms with Crippen LogP contribution in [0.25, 0.3) is 22.3 Å². The van der Waals surface area contributed by atoms with E-state index in [2.05, 4.69) is 36.2 Å². The van der Waals surface area contributed by atoms with Gasteiger partial charge < -0.3 is 15.2 Å². The third-order valence-corrected chi connectivity index (χ3v) is 3.85. The second-order valence-electron chi connectivity index (χ2n) is 5.06. The summed E-state index contributed by atoms with van der Waals surface area (Å²) in [7, 11) is 0. The molecule has 6 nitrogen and oxygen atoms in total. The van der Waals surface area contributed by atoms with Gasteiger partial charge in [0, 0.05) is 34.4 Å². The molecule has 0 saturated carbocycles. The fourth-order valence-electron chi connectivity index (χ4n) is 2.27. The van der Waals surface area contributed by atoms with Gasteiger partial charge in [-0.2, -0.15) is 0 Å². The van der Waals surface area contributed by atoms with Gasteiger partial charge in [0.2, 0.25) is 0 Å². The molecule has 3 aromatic rings. The SMILES string of the molecule is OCCOCCNc1nc(-c2cccnc2)nc2ccc(Br)cc12. The largest absolute Gasteiger partial charge is 0.394 e. The van der Waals surface area contributed by atoms with E-state index in [0.717, 1.165) is 26.8 Å². The molecular formula is C17H17BrN4O2. The summed E-state index contributed by atoms with van der Waals surface area (Å²) < 4.78 is 6.25. The Morgan fingerprint density at radius 1 is 1.17 bits per heavy atom. The van der Waals surface area contributed by atoms with Gasteiger partial charge in [-0.25, -0.2) is 9.97 Å². The summed E-state index contributed by atoms with van der Waals surface area (Å²) in [6.45, 7) is 1.43. The van der Waals surface area contributed by atoms with E-state index >= 15 is 0 Å². The molecule has 24 heavy (non-hydrogen) atoms. The van der Waals surface area contributed by atoms with Crippen LogP contribution in [-0.4, -0.2) is 46.4 Å². The molecule has 0 fully saturated rings. The van der Waals surface area contributed by atoms with Crippen LogP contribution in [0, 0.1) is 0 Å². The average molecular weight is 389 g/mol. The fourth-order valence-corrected chi connectivity index (χ4v) is 2.63. The molecule has 3 rings (SSSR count). The van der Waals surface area contributed by atoms with Gasteiger partial charge in [-0.1, -0.05) is 15.9 Å². The molecule has 0 bridgehead atoms. The molecule has 0 aliphatic heterocycles. The summed E-state index contributed by atoms with van der Waals surface area (Å²) in [4.78, 5) is 13.4. The third kappa shape index (κ3) is 4.05. The van der Waals surface area contributed by atoms with Crippen LogP contribution in [0.5, 0.6) is 0 Å². The van der Waals surface area contributed by atoms with Crippen molar-refractivity contribution in [2.24, 2.45) is 0 Å². The first kappa shape index (κ1) is 16.8. The molecule has 0 spiro atoms. The highest BCUT2D eigenvalue weighted by Gasteiger charge is 2.10. The number of hydrogen-bond acceptors (Lipinski definition) is 6. The Morgan fingerprint density at radius 2 is 2.08 bits per heavy atom. The number of aliphatic hydroxyl groups is 1. The smallest absolute Gasteiger partial charge is 0.163 e. The van der Waals surface area contributed by atoms with E-state index in [-0.39, 0.29) is 6.61 Å². The maximum absolute atomic E-state index is 8.74. The van der Waals surface area contributed by atoms with Gasteiger partial charge in [0.05, 0.1) is 25.3 Å². The van der Waals surface area contributed by atoms with Gasteiger partial charge >= 0.3 is 0 Å². The number of benzene rings is 1. The lowest BCUT2D eigenvalue weighted by Crippen LogP contribution is -2.13. The summed E-state index contributed by atoms with van der Waals surface area (Å²) >= 11 is 3.49. The first-order valence-electron chi connectivity index (χ1n) is 7.58. The number of pyridine rings is 1. The number of nitrogens with zero attached hydrogens (tertiary/aromatic N) is 3. The van der Waals surface area contributed by atoms with Crippen LogP contribution < -0.4 is 5.32 Å². The molecule has 124 valence electrons. The van der Waals surface area contributed by atoms with Gasteiger partial charge in [-0.05, 0) is 30.3 Å². The second-order valence-corrected chi connectivity index (χ2v) is 5.98. The minimum Gasteiger partial charge on any atom is -0.394 e. The van der Waals surface area contributed by atoms with Crippen molar-refractivity contribution in [1.29, 1.82) is 0 Å². The van der Waals surface area contributed by atoms with E-state index in [0.29, 0.717) is 25.6 Å². The number of halogens is 1. The molecule has 0 unspecified atom stereocenters. The second kappa shape index (κ2) is 8.14. The Labute approximate surface area is 148 Å². The number of fused-ring (bicyclic) bond motifs is 1. The van der Waals surface area contributed by atoms with Crippen molar-refractivity contribution >= 4 is 32.7 Å². The zero-order valence-corrected chi connectivity index (χ0v) is 14.5. The molecule has 0 radical (unpaired) electrons. The van der Waals surface area contributed by atoms with Gasteiger partial charge in [0.15, 0.2) is 5.82 Å². The van der Waals surface area contributed by atoms with Crippen LogP contribution in [0.2, 0.25) is 0 Å². The Balaban J connectivity index is 1.93. The molecule has 0 atom stereocenters. The van der Waals surface area contributed by atoms with E-state index in [1.165, 1.54) is 0 Å².